The largest absolute Gasteiger partial charge is 0.494 e. The van der Waals surface area contributed by atoms with E-state index >= 15 is 0 Å². The Bertz CT molecular complexity index is 450. The Labute approximate surface area is 88.6 Å². The van der Waals surface area contributed by atoms with Gasteiger partial charge in [-0.25, -0.2) is 4.98 Å². The number of pyridine rings is 1. The van der Waals surface area contributed by atoms with E-state index in [2.05, 4.69) is 10.3 Å². The number of rotatable bonds is 4. The van der Waals surface area contributed by atoms with E-state index < -0.39 is 0 Å². The van der Waals surface area contributed by atoms with E-state index in [1.165, 1.54) is 0 Å². The van der Waals surface area contributed by atoms with Crippen molar-refractivity contribution in [3.05, 3.63) is 30.2 Å². The summed E-state index contributed by atoms with van der Waals surface area (Å²) in [4.78, 5) is 4.30. The SMILES string of the molecule is CNCCCc1ncc2cccc(O)n12. The second-order valence-corrected chi connectivity index (χ2v) is 3.53. The van der Waals surface area contributed by atoms with Gasteiger partial charge in [-0.15, -0.1) is 0 Å². The third-order valence-electron chi connectivity index (χ3n) is 2.43. The lowest BCUT2D eigenvalue weighted by Crippen LogP contribution is -2.09. The molecule has 0 unspecified atom stereocenters. The molecule has 0 aromatic carbocycles. The molecular weight excluding hydrogens is 190 g/mol. The molecule has 80 valence electrons. The van der Waals surface area contributed by atoms with Gasteiger partial charge in [-0.1, -0.05) is 6.07 Å². The zero-order valence-electron chi connectivity index (χ0n) is 8.77. The van der Waals surface area contributed by atoms with E-state index in [4.69, 9.17) is 0 Å². The number of aromatic nitrogens is 2. The van der Waals surface area contributed by atoms with Gasteiger partial charge in [0.05, 0.1) is 11.7 Å². The molecule has 0 radical (unpaired) electrons. The van der Waals surface area contributed by atoms with Crippen LogP contribution in [0.1, 0.15) is 12.2 Å². The highest BCUT2D eigenvalue weighted by atomic mass is 16.3. The van der Waals surface area contributed by atoms with Crippen LogP contribution in [0.15, 0.2) is 24.4 Å². The Hall–Kier alpha value is -1.55. The summed E-state index contributed by atoms with van der Waals surface area (Å²) in [5, 5.41) is 12.8. The van der Waals surface area contributed by atoms with Gasteiger partial charge in [0, 0.05) is 6.42 Å². The predicted octanol–water partition coefficient (Wildman–Crippen LogP) is 1.19. The maximum Gasteiger partial charge on any atom is 0.197 e. The summed E-state index contributed by atoms with van der Waals surface area (Å²) in [7, 11) is 1.93. The molecule has 0 amide bonds. The van der Waals surface area contributed by atoms with Gasteiger partial charge in [0.15, 0.2) is 5.88 Å². The van der Waals surface area contributed by atoms with Crippen LogP contribution in [0.25, 0.3) is 5.52 Å². The second-order valence-electron chi connectivity index (χ2n) is 3.53. The standard InChI is InChI=1S/C11H15N3O/c1-12-7-3-5-10-13-8-9-4-2-6-11(15)14(9)10/h2,4,6,8,12,15H,3,5,7H2,1H3. The lowest BCUT2D eigenvalue weighted by atomic mass is 10.3. The van der Waals surface area contributed by atoms with Crippen LogP contribution >= 0.6 is 0 Å². The Balaban J connectivity index is 2.27. The topological polar surface area (TPSA) is 49.6 Å². The molecule has 2 N–H and O–H groups in total. The molecule has 15 heavy (non-hydrogen) atoms. The van der Waals surface area contributed by atoms with Crippen LogP contribution < -0.4 is 5.32 Å². The fourth-order valence-corrected chi connectivity index (χ4v) is 1.69. The van der Waals surface area contributed by atoms with Crippen molar-refractivity contribution in [2.75, 3.05) is 13.6 Å². The van der Waals surface area contributed by atoms with Gasteiger partial charge in [0.25, 0.3) is 0 Å². The third-order valence-corrected chi connectivity index (χ3v) is 2.43. The monoisotopic (exact) mass is 205 g/mol. The van der Waals surface area contributed by atoms with Crippen molar-refractivity contribution in [1.82, 2.24) is 14.7 Å². The number of aryl methyl sites for hydroxylation is 1. The number of nitrogens with zero attached hydrogens (tertiary/aromatic N) is 2. The summed E-state index contributed by atoms with van der Waals surface area (Å²) in [5.41, 5.74) is 0.939. The number of hydrogen-bond acceptors (Lipinski definition) is 3. The first-order valence-corrected chi connectivity index (χ1v) is 5.12. The molecule has 0 bridgehead atoms. The summed E-state index contributed by atoms with van der Waals surface area (Å²) in [6.07, 6.45) is 3.67. The average molecular weight is 205 g/mol. The van der Waals surface area contributed by atoms with Crippen molar-refractivity contribution in [2.24, 2.45) is 0 Å². The number of aromatic hydroxyl groups is 1. The van der Waals surface area contributed by atoms with Crippen molar-refractivity contribution in [3.63, 3.8) is 0 Å². The molecule has 2 heterocycles. The Morgan fingerprint density at radius 2 is 2.33 bits per heavy atom. The van der Waals surface area contributed by atoms with E-state index in [0.717, 1.165) is 30.7 Å². The highest BCUT2D eigenvalue weighted by molar-refractivity contribution is 5.48. The van der Waals surface area contributed by atoms with E-state index in [1.807, 2.05) is 19.2 Å². The molecule has 0 saturated carbocycles. The number of imidazole rings is 1. The van der Waals surface area contributed by atoms with Crippen molar-refractivity contribution in [1.29, 1.82) is 0 Å². The Morgan fingerprint density at radius 1 is 1.47 bits per heavy atom. The van der Waals surface area contributed by atoms with Gasteiger partial charge in [0.2, 0.25) is 0 Å². The van der Waals surface area contributed by atoms with Crippen LogP contribution in [-0.4, -0.2) is 28.1 Å². The first-order valence-electron chi connectivity index (χ1n) is 5.12. The Kier molecular flexibility index (Phi) is 2.87. The first kappa shape index (κ1) is 9.98. The summed E-state index contributed by atoms with van der Waals surface area (Å²) in [6, 6.07) is 5.44. The van der Waals surface area contributed by atoms with E-state index in [1.54, 1.807) is 16.7 Å². The van der Waals surface area contributed by atoms with Crippen molar-refractivity contribution in [3.8, 4) is 5.88 Å². The van der Waals surface area contributed by atoms with Crippen LogP contribution in [0.2, 0.25) is 0 Å². The molecule has 0 saturated heterocycles. The molecule has 0 atom stereocenters. The summed E-state index contributed by atoms with van der Waals surface area (Å²) >= 11 is 0. The quantitative estimate of drug-likeness (QED) is 0.737. The molecule has 4 heteroatoms. The molecule has 2 aromatic heterocycles. The highest BCUT2D eigenvalue weighted by Gasteiger charge is 2.05. The molecule has 0 aliphatic heterocycles. The smallest absolute Gasteiger partial charge is 0.197 e. The third kappa shape index (κ3) is 1.94. The summed E-state index contributed by atoms with van der Waals surface area (Å²) in [6.45, 7) is 0.961. The van der Waals surface area contributed by atoms with Crippen molar-refractivity contribution >= 4 is 5.52 Å². The van der Waals surface area contributed by atoms with Crippen LogP contribution in [0.3, 0.4) is 0 Å². The van der Waals surface area contributed by atoms with Crippen LogP contribution in [0, 0.1) is 0 Å². The van der Waals surface area contributed by atoms with Crippen LogP contribution in [0.5, 0.6) is 5.88 Å². The van der Waals surface area contributed by atoms with E-state index in [9.17, 15) is 5.11 Å². The van der Waals surface area contributed by atoms with Crippen LogP contribution in [-0.2, 0) is 6.42 Å². The molecule has 2 aromatic rings. The lowest BCUT2D eigenvalue weighted by molar-refractivity contribution is 0.442. The van der Waals surface area contributed by atoms with Gasteiger partial charge >= 0.3 is 0 Å². The van der Waals surface area contributed by atoms with Crippen molar-refractivity contribution < 1.29 is 5.11 Å². The second kappa shape index (κ2) is 4.31. The molecule has 0 spiro atoms. The van der Waals surface area contributed by atoms with Crippen LogP contribution in [0.4, 0.5) is 0 Å². The molecule has 0 fully saturated rings. The molecule has 2 rings (SSSR count). The average Bonchev–Trinajstić information content (AvgIpc) is 2.63. The summed E-state index contributed by atoms with van der Waals surface area (Å²) < 4.78 is 1.79. The van der Waals surface area contributed by atoms with E-state index in [-0.39, 0.29) is 5.88 Å². The fourth-order valence-electron chi connectivity index (χ4n) is 1.69. The maximum atomic E-state index is 9.70. The predicted molar refractivity (Wildman–Crippen MR) is 59.1 cm³/mol. The van der Waals surface area contributed by atoms with Gasteiger partial charge in [0.1, 0.15) is 5.82 Å². The number of hydrogen-bond donors (Lipinski definition) is 2. The zero-order chi connectivity index (χ0) is 10.7. The van der Waals surface area contributed by atoms with Gasteiger partial charge in [-0.2, -0.15) is 0 Å². The maximum absolute atomic E-state index is 9.70. The molecule has 4 nitrogen and oxygen atoms in total. The van der Waals surface area contributed by atoms with Gasteiger partial charge < -0.3 is 10.4 Å². The molecular formula is C11H15N3O. The van der Waals surface area contributed by atoms with Gasteiger partial charge in [-0.05, 0) is 32.1 Å². The molecule has 0 aliphatic rings. The minimum atomic E-state index is 0.254. The highest BCUT2D eigenvalue weighted by Crippen LogP contribution is 2.16. The normalized spacial score (nSPS) is 11.0. The zero-order valence-corrected chi connectivity index (χ0v) is 8.77. The fraction of sp³-hybridized carbons (Fsp3) is 0.364. The van der Waals surface area contributed by atoms with E-state index in [0.29, 0.717) is 0 Å². The number of fused-ring (bicyclic) bond motifs is 1. The lowest BCUT2D eigenvalue weighted by Gasteiger charge is -2.03. The number of nitrogens with one attached hydrogen (secondary N) is 1. The minimum absolute atomic E-state index is 0.254. The summed E-state index contributed by atoms with van der Waals surface area (Å²) in [5.74, 6) is 1.17. The minimum Gasteiger partial charge on any atom is -0.494 e. The van der Waals surface area contributed by atoms with Gasteiger partial charge in [-0.3, -0.25) is 4.40 Å². The molecule has 0 aliphatic carbocycles. The Morgan fingerprint density at radius 3 is 3.13 bits per heavy atom. The van der Waals surface area contributed by atoms with Crippen molar-refractivity contribution in [2.45, 2.75) is 12.8 Å². The first-order chi connectivity index (χ1) is 7.33.